The van der Waals surface area contributed by atoms with E-state index in [-0.39, 0.29) is 23.1 Å². The van der Waals surface area contributed by atoms with Gasteiger partial charge >= 0.3 is 0 Å². The van der Waals surface area contributed by atoms with Crippen LogP contribution in [0.25, 0.3) is 27.4 Å². The molecule has 0 amide bonds. The highest BCUT2D eigenvalue weighted by molar-refractivity contribution is 6.11. The van der Waals surface area contributed by atoms with Crippen molar-refractivity contribution in [2.24, 2.45) is 11.3 Å². The number of phenolic OH excluding ortho intramolecular Hbond substituents is 1. The van der Waals surface area contributed by atoms with E-state index in [0.717, 1.165) is 92.2 Å². The van der Waals surface area contributed by atoms with Crippen LogP contribution in [0.4, 0.5) is 0 Å². The number of piperidine rings is 1. The Morgan fingerprint density at radius 2 is 1.84 bits per heavy atom. The number of para-hydroxylation sites is 1. The Kier molecular flexibility index (Phi) is 6.77. The van der Waals surface area contributed by atoms with Gasteiger partial charge in [-0.1, -0.05) is 24.3 Å². The van der Waals surface area contributed by atoms with Crippen molar-refractivity contribution in [3.63, 3.8) is 0 Å². The molecule has 0 radical (unpaired) electrons. The first-order chi connectivity index (χ1) is 21.0. The van der Waals surface area contributed by atoms with Crippen LogP contribution >= 0.6 is 0 Å². The van der Waals surface area contributed by atoms with Gasteiger partial charge in [0.1, 0.15) is 11.5 Å². The summed E-state index contributed by atoms with van der Waals surface area (Å²) >= 11 is 0. The number of phenols is 1. The lowest BCUT2D eigenvalue weighted by molar-refractivity contribution is -0.120. The lowest BCUT2D eigenvalue weighted by Gasteiger charge is -2.58. The second-order valence-electron chi connectivity index (χ2n) is 14.0. The summed E-state index contributed by atoms with van der Waals surface area (Å²) < 4.78 is 0. The molecule has 8 rings (SSSR count). The number of aromatic nitrogens is 2. The third kappa shape index (κ3) is 4.41. The zero-order valence-corrected chi connectivity index (χ0v) is 25.1. The molecule has 3 fully saturated rings. The number of nitrogens with zero attached hydrogens (tertiary/aromatic N) is 3. The van der Waals surface area contributed by atoms with Gasteiger partial charge in [0, 0.05) is 53.9 Å². The van der Waals surface area contributed by atoms with Gasteiger partial charge in [-0.2, -0.15) is 0 Å². The summed E-state index contributed by atoms with van der Waals surface area (Å²) in [5.74, 6) is 0.898. The number of carbonyl (C=O) groups is 1. The molecule has 3 N–H and O–H groups in total. The molecule has 4 aliphatic heterocycles. The van der Waals surface area contributed by atoms with Gasteiger partial charge in [0.2, 0.25) is 0 Å². The summed E-state index contributed by atoms with van der Waals surface area (Å²) in [7, 11) is 0. The molecule has 6 heterocycles. The molecule has 1 aliphatic carbocycles. The zero-order chi connectivity index (χ0) is 29.2. The Labute approximate surface area is 253 Å². The number of allylic oxidation sites excluding steroid dienone is 3. The summed E-state index contributed by atoms with van der Waals surface area (Å²) in [6.07, 6.45) is 18.9. The topological polar surface area (TPSA) is 92.7 Å². The van der Waals surface area contributed by atoms with Crippen molar-refractivity contribution in [2.75, 3.05) is 26.2 Å². The Balaban J connectivity index is 1.34. The molecule has 7 heteroatoms. The van der Waals surface area contributed by atoms with Gasteiger partial charge in [-0.15, -0.1) is 0 Å². The number of aromatic amines is 1. The summed E-state index contributed by atoms with van der Waals surface area (Å²) in [4.78, 5) is 26.5. The van der Waals surface area contributed by atoms with Gasteiger partial charge in [0.05, 0.1) is 22.3 Å². The van der Waals surface area contributed by atoms with Crippen LogP contribution in [-0.4, -0.2) is 79.6 Å². The van der Waals surface area contributed by atoms with Gasteiger partial charge in [-0.25, -0.2) is 0 Å². The first-order valence-electron chi connectivity index (χ1n) is 16.7. The van der Waals surface area contributed by atoms with Gasteiger partial charge in [-0.05, 0) is 107 Å². The maximum atomic E-state index is 13.1. The first kappa shape index (κ1) is 27.5. The van der Waals surface area contributed by atoms with Gasteiger partial charge < -0.3 is 20.1 Å². The number of pyridine rings is 1. The highest BCUT2D eigenvalue weighted by atomic mass is 16.3. The number of nitrogens with one attached hydrogen (secondary N) is 1. The van der Waals surface area contributed by atoms with Crippen LogP contribution in [0.3, 0.4) is 0 Å². The number of hydrogen-bond acceptors (Lipinski definition) is 6. The molecule has 3 bridgehead atoms. The van der Waals surface area contributed by atoms with E-state index in [0.29, 0.717) is 31.1 Å². The third-order valence-corrected chi connectivity index (χ3v) is 11.6. The van der Waals surface area contributed by atoms with Crippen molar-refractivity contribution in [1.82, 2.24) is 19.8 Å². The van der Waals surface area contributed by atoms with E-state index in [9.17, 15) is 15.0 Å². The third-order valence-electron chi connectivity index (χ3n) is 11.6. The number of aliphatic hydroxyl groups is 1. The largest absolute Gasteiger partial charge is 0.506 e. The van der Waals surface area contributed by atoms with Crippen molar-refractivity contribution in [2.45, 2.75) is 88.3 Å². The van der Waals surface area contributed by atoms with Crippen LogP contribution in [0, 0.1) is 11.3 Å². The van der Waals surface area contributed by atoms with E-state index in [1.54, 1.807) is 6.07 Å². The van der Waals surface area contributed by atoms with Crippen LogP contribution in [-0.2, 0) is 4.79 Å². The highest BCUT2D eigenvalue weighted by Gasteiger charge is 2.66. The van der Waals surface area contributed by atoms with Crippen LogP contribution < -0.4 is 0 Å². The minimum Gasteiger partial charge on any atom is -0.506 e. The second-order valence-corrected chi connectivity index (χ2v) is 14.0. The van der Waals surface area contributed by atoms with Gasteiger partial charge in [0.25, 0.3) is 0 Å². The van der Waals surface area contributed by atoms with Crippen molar-refractivity contribution in [3.8, 4) is 5.75 Å². The standard InChI is InChI=1S/C36H44N4O3/c41-25-9-8-19-40-24(12-13-25)21-35-23-39-18-6-4-2-1-3-5-16-36(43,34(35)40)22-28(29(35)15-20-39)32-33-27(14-17-37-32)26-10-7-11-30(42)31(26)38-33/h1,3,7,10-11,14,17,22,24,29,34,38,42-43H,2,4-6,8-9,12-13,15-16,18-21,23H2/b3-1-/t24-,29-,34+,35-,36-/m1/s1. The van der Waals surface area contributed by atoms with E-state index in [1.807, 2.05) is 18.3 Å². The Bertz CT molecular complexity index is 1630. The second kappa shape index (κ2) is 10.6. The summed E-state index contributed by atoms with van der Waals surface area (Å²) in [5.41, 5.74) is 2.63. The molecular formula is C36H44N4O3. The lowest BCUT2D eigenvalue weighted by atomic mass is 9.54. The van der Waals surface area contributed by atoms with Crippen LogP contribution in [0.5, 0.6) is 5.75 Å². The molecule has 7 nitrogen and oxygen atoms in total. The Hall–Kier alpha value is -3.00. The monoisotopic (exact) mass is 580 g/mol. The number of Topliss-reactive ketones (excluding diaryl/α,β-unsaturated/α-hetero) is 1. The number of hydrogen-bond donors (Lipinski definition) is 3. The quantitative estimate of drug-likeness (QED) is 0.308. The SMILES string of the molecule is O=C1CCCN2[C@H](CC1)C[C@@]13CN4CCCC/C=C\CC[C@@](O)(C=C(c5nccc6c5[nH]c5c(O)cccc56)[C@H]1CC4)[C@@H]23. The fourth-order valence-electron chi connectivity index (χ4n) is 9.92. The minimum atomic E-state index is -1.01. The van der Waals surface area contributed by atoms with E-state index < -0.39 is 5.60 Å². The van der Waals surface area contributed by atoms with E-state index >= 15 is 0 Å². The fraction of sp³-hybridized carbons (Fsp3) is 0.556. The first-order valence-corrected chi connectivity index (χ1v) is 16.7. The molecule has 1 spiro atoms. The predicted octanol–water partition coefficient (Wildman–Crippen LogP) is 5.96. The molecule has 2 aromatic heterocycles. The zero-order valence-electron chi connectivity index (χ0n) is 25.1. The summed E-state index contributed by atoms with van der Waals surface area (Å²) in [5, 5.41) is 25.8. The van der Waals surface area contributed by atoms with Crippen LogP contribution in [0.1, 0.15) is 76.3 Å². The van der Waals surface area contributed by atoms with Crippen molar-refractivity contribution in [1.29, 1.82) is 0 Å². The molecular weight excluding hydrogens is 536 g/mol. The molecule has 5 aliphatic rings. The van der Waals surface area contributed by atoms with Crippen molar-refractivity contribution in [3.05, 3.63) is 54.4 Å². The summed E-state index contributed by atoms with van der Waals surface area (Å²) in [6, 6.07) is 8.04. The molecule has 3 aromatic rings. The average Bonchev–Trinajstić information content (AvgIpc) is 3.52. The lowest BCUT2D eigenvalue weighted by Crippen LogP contribution is -2.65. The Morgan fingerprint density at radius 3 is 2.77 bits per heavy atom. The molecule has 1 unspecified atom stereocenters. The number of benzene rings is 1. The van der Waals surface area contributed by atoms with Gasteiger partial charge in [0.15, 0.2) is 0 Å². The van der Waals surface area contributed by atoms with Crippen molar-refractivity contribution >= 4 is 33.2 Å². The molecule has 6 atom stereocenters. The number of carbonyl (C=O) groups excluding carboxylic acids is 1. The van der Waals surface area contributed by atoms with E-state index in [4.69, 9.17) is 4.98 Å². The predicted molar refractivity (Wildman–Crippen MR) is 170 cm³/mol. The van der Waals surface area contributed by atoms with Gasteiger partial charge in [-0.3, -0.25) is 14.7 Å². The van der Waals surface area contributed by atoms with Crippen LogP contribution in [0.15, 0.2) is 48.7 Å². The maximum Gasteiger partial charge on any atom is 0.139 e. The van der Waals surface area contributed by atoms with Crippen molar-refractivity contribution < 1.29 is 15.0 Å². The minimum absolute atomic E-state index is 0.0230. The molecule has 43 heavy (non-hydrogen) atoms. The highest BCUT2D eigenvalue weighted by Crippen LogP contribution is 2.62. The number of fused-ring (bicyclic) bond motifs is 5. The fourth-order valence-corrected chi connectivity index (χ4v) is 9.92. The van der Waals surface area contributed by atoms with Crippen LogP contribution in [0.2, 0.25) is 0 Å². The van der Waals surface area contributed by atoms with E-state index in [1.165, 1.54) is 18.4 Å². The number of rotatable bonds is 1. The number of H-pyrrole nitrogens is 1. The maximum absolute atomic E-state index is 13.1. The normalized spacial score (nSPS) is 36.1. The number of aromatic hydroxyl groups is 1. The molecule has 0 saturated carbocycles. The summed E-state index contributed by atoms with van der Waals surface area (Å²) in [6.45, 7) is 4.02. The number of ketones is 1. The van der Waals surface area contributed by atoms with E-state index in [2.05, 4.69) is 39.1 Å². The average molecular weight is 581 g/mol. The molecule has 226 valence electrons. The smallest absolute Gasteiger partial charge is 0.139 e. The molecule has 1 aromatic carbocycles. The molecule has 3 saturated heterocycles. The Morgan fingerprint density at radius 1 is 0.953 bits per heavy atom.